The molecule has 1 atom stereocenters. The second-order valence-corrected chi connectivity index (χ2v) is 8.90. The lowest BCUT2D eigenvalue weighted by atomic mass is 10.0. The number of amides is 1. The molecule has 0 saturated carbocycles. The zero-order chi connectivity index (χ0) is 25.5. The lowest BCUT2D eigenvalue weighted by Crippen LogP contribution is -2.39. The van der Waals surface area contributed by atoms with Crippen molar-refractivity contribution in [2.45, 2.75) is 39.0 Å². The van der Waals surface area contributed by atoms with Crippen LogP contribution in [0.4, 0.5) is 0 Å². The van der Waals surface area contributed by atoms with E-state index in [1.54, 1.807) is 12.1 Å². The number of ether oxygens (including phenoxy) is 1. The van der Waals surface area contributed by atoms with Crippen LogP contribution in [0, 0.1) is 11.8 Å². The van der Waals surface area contributed by atoms with Gasteiger partial charge < -0.3 is 25.3 Å². The highest BCUT2D eigenvalue weighted by Crippen LogP contribution is 2.23. The Kier molecular flexibility index (Phi) is 8.06. The molecule has 6 nitrogen and oxygen atoms in total. The molecule has 0 spiro atoms. The fraction of sp³-hybridized carbons (Fsp3) is 0.233. The number of benzene rings is 3. The number of carbonyl (C=O) groups is 1. The summed E-state index contributed by atoms with van der Waals surface area (Å²) in [5.74, 6) is 6.32. The average molecular weight is 483 g/mol. The fourth-order valence-corrected chi connectivity index (χ4v) is 3.97. The van der Waals surface area contributed by atoms with Gasteiger partial charge in [-0.2, -0.15) is 0 Å². The van der Waals surface area contributed by atoms with Gasteiger partial charge in [0, 0.05) is 28.2 Å². The lowest BCUT2D eigenvalue weighted by Gasteiger charge is -2.19. The number of aliphatic hydroxyl groups excluding tert-OH is 2. The first kappa shape index (κ1) is 25.1. The fourth-order valence-electron chi connectivity index (χ4n) is 3.97. The molecule has 0 unspecified atom stereocenters. The number of nitrogens with one attached hydrogen (secondary N) is 2. The van der Waals surface area contributed by atoms with Crippen LogP contribution in [0.25, 0.3) is 10.9 Å². The van der Waals surface area contributed by atoms with E-state index in [-0.39, 0.29) is 25.2 Å². The van der Waals surface area contributed by atoms with E-state index in [1.165, 1.54) is 0 Å². The number of carbonyl (C=O) groups excluding carboxylic acids is 1. The van der Waals surface area contributed by atoms with Gasteiger partial charge in [0.1, 0.15) is 5.75 Å². The van der Waals surface area contributed by atoms with Crippen molar-refractivity contribution in [3.05, 3.63) is 101 Å². The molecule has 0 aliphatic heterocycles. The number of hydrogen-bond donors (Lipinski definition) is 4. The van der Waals surface area contributed by atoms with Crippen LogP contribution in [0.3, 0.4) is 0 Å². The van der Waals surface area contributed by atoms with Gasteiger partial charge in [-0.25, -0.2) is 0 Å². The molecule has 184 valence electrons. The summed E-state index contributed by atoms with van der Waals surface area (Å²) < 4.78 is 5.89. The van der Waals surface area contributed by atoms with Crippen molar-refractivity contribution < 1.29 is 19.7 Å². The molecule has 4 aromatic rings. The monoisotopic (exact) mass is 482 g/mol. The molecule has 1 amide bonds. The largest absolute Gasteiger partial charge is 0.490 e. The van der Waals surface area contributed by atoms with Crippen molar-refractivity contribution in [1.82, 2.24) is 10.3 Å². The Morgan fingerprint density at radius 1 is 1.00 bits per heavy atom. The van der Waals surface area contributed by atoms with Crippen molar-refractivity contribution in [3.63, 3.8) is 0 Å². The Morgan fingerprint density at radius 3 is 2.44 bits per heavy atom. The quantitative estimate of drug-likeness (QED) is 0.284. The lowest BCUT2D eigenvalue weighted by molar-refractivity contribution is 0.0910. The molecule has 36 heavy (non-hydrogen) atoms. The van der Waals surface area contributed by atoms with E-state index >= 15 is 0 Å². The summed E-state index contributed by atoms with van der Waals surface area (Å²) in [5.41, 5.74) is 4.69. The standard InChI is InChI=1S/C30H30N2O4/c1-20(2)36-29-14-13-22(10-7-21-8-11-23(18-33)12-9-21)15-27(29)30(35)32-25(19-34)16-24-17-31-28-6-4-3-5-26(24)28/h3-6,8-9,11-15,17,20,25,31,33-34H,16,18-19H2,1-2H3,(H,32,35)/t25-/m1/s1. The van der Waals surface area contributed by atoms with E-state index < -0.39 is 6.04 Å². The van der Waals surface area contributed by atoms with Crippen LogP contribution in [-0.2, 0) is 13.0 Å². The molecule has 0 aliphatic carbocycles. The summed E-state index contributed by atoms with van der Waals surface area (Å²) in [4.78, 5) is 16.6. The Labute approximate surface area is 210 Å². The van der Waals surface area contributed by atoms with E-state index in [4.69, 9.17) is 4.74 Å². The van der Waals surface area contributed by atoms with E-state index in [0.29, 0.717) is 23.3 Å². The summed E-state index contributed by atoms with van der Waals surface area (Å²) in [7, 11) is 0. The van der Waals surface area contributed by atoms with Gasteiger partial charge in [-0.3, -0.25) is 4.79 Å². The molecular weight excluding hydrogens is 452 g/mol. The first-order valence-corrected chi connectivity index (χ1v) is 12.0. The number of hydrogen-bond acceptors (Lipinski definition) is 4. The molecule has 0 saturated heterocycles. The Balaban J connectivity index is 1.56. The third kappa shape index (κ3) is 6.14. The first-order valence-electron chi connectivity index (χ1n) is 12.0. The zero-order valence-corrected chi connectivity index (χ0v) is 20.4. The number of rotatable bonds is 8. The van der Waals surface area contributed by atoms with Gasteiger partial charge in [0.2, 0.25) is 0 Å². The maximum atomic E-state index is 13.3. The van der Waals surface area contributed by atoms with Crippen molar-refractivity contribution in [2.24, 2.45) is 0 Å². The van der Waals surface area contributed by atoms with Gasteiger partial charge in [-0.15, -0.1) is 0 Å². The molecule has 1 heterocycles. The van der Waals surface area contributed by atoms with Crippen LogP contribution in [-0.4, -0.2) is 39.9 Å². The minimum absolute atomic E-state index is 0.0152. The molecule has 4 rings (SSSR count). The van der Waals surface area contributed by atoms with Gasteiger partial charge in [-0.05, 0) is 67.8 Å². The molecule has 4 N–H and O–H groups in total. The van der Waals surface area contributed by atoms with Gasteiger partial charge in [-0.1, -0.05) is 42.2 Å². The Morgan fingerprint density at radius 2 is 1.72 bits per heavy atom. The van der Waals surface area contributed by atoms with Crippen molar-refractivity contribution in [1.29, 1.82) is 0 Å². The summed E-state index contributed by atoms with van der Waals surface area (Å²) >= 11 is 0. The Hall–Kier alpha value is -4.05. The SMILES string of the molecule is CC(C)Oc1ccc(C#Cc2ccc(CO)cc2)cc1C(=O)N[C@@H](CO)Cc1c[nH]c2ccccc12. The maximum Gasteiger partial charge on any atom is 0.255 e. The molecule has 0 radical (unpaired) electrons. The maximum absolute atomic E-state index is 13.3. The topological polar surface area (TPSA) is 94.6 Å². The zero-order valence-electron chi connectivity index (χ0n) is 20.4. The van der Waals surface area contributed by atoms with Gasteiger partial charge >= 0.3 is 0 Å². The van der Waals surface area contributed by atoms with Crippen molar-refractivity contribution >= 4 is 16.8 Å². The predicted octanol–water partition coefficient (Wildman–Crippen LogP) is 4.18. The van der Waals surface area contributed by atoms with E-state index in [1.807, 2.05) is 74.6 Å². The highest BCUT2D eigenvalue weighted by Gasteiger charge is 2.19. The summed E-state index contributed by atoms with van der Waals surface area (Å²) in [6.07, 6.45) is 2.28. The number of aliphatic hydroxyl groups is 2. The van der Waals surface area contributed by atoms with E-state index in [9.17, 15) is 15.0 Å². The molecule has 3 aromatic carbocycles. The van der Waals surface area contributed by atoms with Gasteiger partial charge in [0.05, 0.1) is 30.9 Å². The molecule has 0 aliphatic rings. The summed E-state index contributed by atoms with van der Waals surface area (Å²) in [5, 5.41) is 23.2. The highest BCUT2D eigenvalue weighted by molar-refractivity contribution is 5.97. The number of H-pyrrole nitrogens is 1. The number of aromatic nitrogens is 1. The van der Waals surface area contributed by atoms with Crippen LogP contribution >= 0.6 is 0 Å². The Bertz CT molecular complexity index is 1390. The van der Waals surface area contributed by atoms with Crippen molar-refractivity contribution in [3.8, 4) is 17.6 Å². The highest BCUT2D eigenvalue weighted by atomic mass is 16.5. The number of para-hydroxylation sites is 1. The number of aromatic amines is 1. The second kappa shape index (κ2) is 11.6. The first-order chi connectivity index (χ1) is 17.5. The second-order valence-electron chi connectivity index (χ2n) is 8.90. The number of fused-ring (bicyclic) bond motifs is 1. The third-order valence-corrected chi connectivity index (χ3v) is 5.77. The van der Waals surface area contributed by atoms with Gasteiger partial charge in [0.25, 0.3) is 5.91 Å². The predicted molar refractivity (Wildman–Crippen MR) is 141 cm³/mol. The van der Waals surface area contributed by atoms with Crippen LogP contribution < -0.4 is 10.1 Å². The van der Waals surface area contributed by atoms with Crippen LogP contribution in [0.2, 0.25) is 0 Å². The average Bonchev–Trinajstić information content (AvgIpc) is 3.30. The minimum atomic E-state index is -0.469. The molecule has 6 heteroatoms. The van der Waals surface area contributed by atoms with Crippen LogP contribution in [0.5, 0.6) is 5.75 Å². The summed E-state index contributed by atoms with van der Waals surface area (Å²) in [6.45, 7) is 3.59. The molecule has 1 aromatic heterocycles. The van der Waals surface area contributed by atoms with Crippen LogP contribution in [0.15, 0.2) is 72.9 Å². The van der Waals surface area contributed by atoms with E-state index in [2.05, 4.69) is 22.1 Å². The minimum Gasteiger partial charge on any atom is -0.490 e. The van der Waals surface area contributed by atoms with Crippen LogP contribution in [0.1, 0.15) is 46.5 Å². The molecular formula is C30H30N2O4. The third-order valence-electron chi connectivity index (χ3n) is 5.77. The molecule has 0 fully saturated rings. The summed E-state index contributed by atoms with van der Waals surface area (Å²) in [6, 6.07) is 20.1. The smallest absolute Gasteiger partial charge is 0.255 e. The van der Waals surface area contributed by atoms with Crippen molar-refractivity contribution in [2.75, 3.05) is 6.61 Å². The van der Waals surface area contributed by atoms with E-state index in [0.717, 1.165) is 27.6 Å². The molecule has 0 bridgehead atoms. The van der Waals surface area contributed by atoms with Gasteiger partial charge in [0.15, 0.2) is 0 Å². The normalized spacial score (nSPS) is 11.7.